The first kappa shape index (κ1) is 19.8. The summed E-state index contributed by atoms with van der Waals surface area (Å²) in [6.07, 6.45) is 3.54. The van der Waals surface area contributed by atoms with E-state index in [0.717, 1.165) is 32.2 Å². The fraction of sp³-hybridized carbons (Fsp3) is 0.789. The van der Waals surface area contributed by atoms with Gasteiger partial charge in [-0.2, -0.15) is 4.98 Å². The van der Waals surface area contributed by atoms with Gasteiger partial charge in [-0.05, 0) is 31.6 Å². The number of methoxy groups -OCH3 is 1. The molecule has 8 nitrogen and oxygen atoms in total. The summed E-state index contributed by atoms with van der Waals surface area (Å²) in [6, 6.07) is 0. The number of aromatic nitrogens is 2. The molecule has 1 aromatic heterocycles. The smallest absolute Gasteiger partial charge is 0.252 e. The Morgan fingerprint density at radius 1 is 1.22 bits per heavy atom. The molecule has 0 aliphatic carbocycles. The number of nitrogens with zero attached hydrogens (tertiary/aromatic N) is 4. The summed E-state index contributed by atoms with van der Waals surface area (Å²) >= 11 is 0. The third-order valence-electron chi connectivity index (χ3n) is 5.28. The van der Waals surface area contributed by atoms with E-state index in [-0.39, 0.29) is 23.8 Å². The maximum atomic E-state index is 12.5. The molecule has 2 unspecified atom stereocenters. The molecule has 0 aromatic carbocycles. The molecule has 0 radical (unpaired) electrons. The molecule has 0 N–H and O–H groups in total. The van der Waals surface area contributed by atoms with Crippen LogP contribution in [0.2, 0.25) is 0 Å². The molecule has 2 amide bonds. The van der Waals surface area contributed by atoms with E-state index < -0.39 is 0 Å². The van der Waals surface area contributed by atoms with Crippen LogP contribution in [0.25, 0.3) is 0 Å². The first-order valence-corrected chi connectivity index (χ1v) is 9.89. The molecule has 2 aliphatic heterocycles. The predicted octanol–water partition coefficient (Wildman–Crippen LogP) is 1.96. The molecule has 2 fully saturated rings. The van der Waals surface area contributed by atoms with Crippen LogP contribution in [0.1, 0.15) is 63.6 Å². The van der Waals surface area contributed by atoms with Gasteiger partial charge >= 0.3 is 0 Å². The molecular weight excluding hydrogens is 348 g/mol. The van der Waals surface area contributed by atoms with Crippen molar-refractivity contribution >= 4 is 11.8 Å². The summed E-state index contributed by atoms with van der Waals surface area (Å²) in [5, 5.41) is 4.14. The number of rotatable bonds is 6. The van der Waals surface area contributed by atoms with Crippen LogP contribution in [0.15, 0.2) is 4.52 Å². The van der Waals surface area contributed by atoms with Crippen molar-refractivity contribution in [3.05, 3.63) is 11.7 Å². The summed E-state index contributed by atoms with van der Waals surface area (Å²) in [4.78, 5) is 32.8. The number of likely N-dealkylation sites (tertiary alicyclic amines) is 2. The van der Waals surface area contributed by atoms with Gasteiger partial charge in [-0.3, -0.25) is 9.59 Å². The standard InChI is InChI=1S/C19H30N4O4/c1-13(2)10-23-11-14(7-8-17(23)24)18-20-16(27-21-18)12-22-9-5-4-6-15(26-3)19(22)25/h13-15H,4-12H2,1-3H3. The molecule has 2 aliphatic rings. The predicted molar refractivity (Wildman–Crippen MR) is 97.8 cm³/mol. The van der Waals surface area contributed by atoms with E-state index in [1.165, 1.54) is 0 Å². The van der Waals surface area contributed by atoms with Crippen LogP contribution in [0.3, 0.4) is 0 Å². The number of carbonyl (C=O) groups is 2. The van der Waals surface area contributed by atoms with E-state index in [4.69, 9.17) is 9.26 Å². The van der Waals surface area contributed by atoms with E-state index in [2.05, 4.69) is 24.0 Å². The van der Waals surface area contributed by atoms with Gasteiger partial charge in [-0.25, -0.2) is 0 Å². The molecule has 2 saturated heterocycles. The molecular formula is C19H30N4O4. The summed E-state index contributed by atoms with van der Waals surface area (Å²) in [5.74, 6) is 1.78. The van der Waals surface area contributed by atoms with Crippen molar-refractivity contribution in [3.8, 4) is 0 Å². The molecule has 150 valence electrons. The summed E-state index contributed by atoms with van der Waals surface area (Å²) in [7, 11) is 1.57. The SMILES string of the molecule is COC1CCCCN(Cc2nc(C3CCC(=O)N(CC(C)C)C3)no2)C1=O. The average molecular weight is 378 g/mol. The fourth-order valence-corrected chi connectivity index (χ4v) is 3.85. The van der Waals surface area contributed by atoms with Crippen LogP contribution in [-0.2, 0) is 20.9 Å². The minimum atomic E-state index is -0.385. The Kier molecular flexibility index (Phi) is 6.46. The number of carbonyl (C=O) groups excluding carboxylic acids is 2. The maximum Gasteiger partial charge on any atom is 0.252 e. The zero-order valence-corrected chi connectivity index (χ0v) is 16.5. The van der Waals surface area contributed by atoms with Crippen molar-refractivity contribution in [1.29, 1.82) is 0 Å². The highest BCUT2D eigenvalue weighted by Crippen LogP contribution is 2.26. The van der Waals surface area contributed by atoms with Crippen molar-refractivity contribution in [1.82, 2.24) is 19.9 Å². The third-order valence-corrected chi connectivity index (χ3v) is 5.28. The van der Waals surface area contributed by atoms with E-state index in [9.17, 15) is 9.59 Å². The molecule has 0 saturated carbocycles. The molecule has 2 atom stereocenters. The number of hydrogen-bond acceptors (Lipinski definition) is 6. The minimum absolute atomic E-state index is 0.0129. The van der Waals surface area contributed by atoms with E-state index in [1.807, 2.05) is 4.90 Å². The second-order valence-corrected chi connectivity index (χ2v) is 7.95. The normalized spacial score (nSPS) is 24.6. The minimum Gasteiger partial charge on any atom is -0.372 e. The number of hydrogen-bond donors (Lipinski definition) is 0. The monoisotopic (exact) mass is 378 g/mol. The van der Waals surface area contributed by atoms with E-state index in [0.29, 0.717) is 43.7 Å². The third kappa shape index (κ3) is 4.86. The van der Waals surface area contributed by atoms with Gasteiger partial charge in [0.05, 0.1) is 0 Å². The first-order valence-electron chi connectivity index (χ1n) is 9.89. The largest absolute Gasteiger partial charge is 0.372 e. The Morgan fingerprint density at radius 3 is 2.78 bits per heavy atom. The van der Waals surface area contributed by atoms with Crippen LogP contribution in [0.4, 0.5) is 0 Å². The lowest BCUT2D eigenvalue weighted by molar-refractivity contribution is -0.142. The zero-order chi connectivity index (χ0) is 19.4. The number of ether oxygens (including phenoxy) is 1. The van der Waals surface area contributed by atoms with Gasteiger partial charge in [-0.15, -0.1) is 0 Å². The number of amides is 2. The second-order valence-electron chi connectivity index (χ2n) is 7.95. The Morgan fingerprint density at radius 2 is 2.04 bits per heavy atom. The van der Waals surface area contributed by atoms with Gasteiger partial charge < -0.3 is 19.1 Å². The van der Waals surface area contributed by atoms with Crippen molar-refractivity contribution < 1.29 is 18.8 Å². The van der Waals surface area contributed by atoms with Crippen LogP contribution in [-0.4, -0.2) is 64.6 Å². The molecule has 3 heterocycles. The lowest BCUT2D eigenvalue weighted by Gasteiger charge is -2.32. The van der Waals surface area contributed by atoms with Crippen molar-refractivity contribution in [3.63, 3.8) is 0 Å². The van der Waals surface area contributed by atoms with Gasteiger partial charge in [0.15, 0.2) is 5.82 Å². The summed E-state index contributed by atoms with van der Waals surface area (Å²) in [6.45, 7) is 6.58. The quantitative estimate of drug-likeness (QED) is 0.752. The van der Waals surface area contributed by atoms with E-state index >= 15 is 0 Å². The maximum absolute atomic E-state index is 12.5. The van der Waals surface area contributed by atoms with Crippen LogP contribution < -0.4 is 0 Å². The highest BCUT2D eigenvalue weighted by Gasteiger charge is 2.31. The lowest BCUT2D eigenvalue weighted by atomic mass is 9.96. The van der Waals surface area contributed by atoms with E-state index in [1.54, 1.807) is 12.0 Å². The molecule has 3 rings (SSSR count). The molecule has 1 aromatic rings. The molecule has 0 bridgehead atoms. The Labute approximate surface area is 160 Å². The van der Waals surface area contributed by atoms with Crippen molar-refractivity contribution in [2.24, 2.45) is 5.92 Å². The lowest BCUT2D eigenvalue weighted by Crippen LogP contribution is -2.41. The van der Waals surface area contributed by atoms with Gasteiger partial charge in [0.2, 0.25) is 11.8 Å². The van der Waals surface area contributed by atoms with Crippen molar-refractivity contribution in [2.45, 2.75) is 64.5 Å². The van der Waals surface area contributed by atoms with Gasteiger partial charge in [-0.1, -0.05) is 19.0 Å². The average Bonchev–Trinajstić information content (AvgIpc) is 3.02. The molecule has 8 heteroatoms. The van der Waals surface area contributed by atoms with Crippen molar-refractivity contribution in [2.75, 3.05) is 26.7 Å². The Balaban J connectivity index is 1.64. The summed E-state index contributed by atoms with van der Waals surface area (Å²) < 4.78 is 10.7. The Bertz CT molecular complexity index is 660. The molecule has 0 spiro atoms. The fourth-order valence-electron chi connectivity index (χ4n) is 3.85. The highest BCUT2D eigenvalue weighted by molar-refractivity contribution is 5.81. The topological polar surface area (TPSA) is 88.8 Å². The van der Waals surface area contributed by atoms with Gasteiger partial charge in [0.1, 0.15) is 12.6 Å². The van der Waals surface area contributed by atoms with Crippen LogP contribution in [0, 0.1) is 5.92 Å². The highest BCUT2D eigenvalue weighted by atomic mass is 16.5. The second kappa shape index (κ2) is 8.82. The van der Waals surface area contributed by atoms with Crippen LogP contribution in [0.5, 0.6) is 0 Å². The Hall–Kier alpha value is -1.96. The van der Waals surface area contributed by atoms with Gasteiger partial charge in [0.25, 0.3) is 5.91 Å². The molecule has 27 heavy (non-hydrogen) atoms. The zero-order valence-electron chi connectivity index (χ0n) is 16.5. The van der Waals surface area contributed by atoms with Gasteiger partial charge in [0, 0.05) is 39.1 Å². The first-order chi connectivity index (χ1) is 13.0. The summed E-state index contributed by atoms with van der Waals surface area (Å²) in [5.41, 5.74) is 0. The van der Waals surface area contributed by atoms with Crippen LogP contribution >= 0.6 is 0 Å². The number of piperidine rings is 1.